The Hall–Kier alpha value is -1.54. The summed E-state index contributed by atoms with van der Waals surface area (Å²) in [5.41, 5.74) is 1.16. The number of hydrogen-bond donors (Lipinski definition) is 0. The van der Waals surface area contributed by atoms with Crippen molar-refractivity contribution in [1.29, 1.82) is 0 Å². The zero-order valence-electron chi connectivity index (χ0n) is 8.71. The van der Waals surface area contributed by atoms with Crippen LogP contribution in [-0.2, 0) is 0 Å². The third kappa shape index (κ3) is 2.02. The molecule has 0 N–H and O–H groups in total. The van der Waals surface area contributed by atoms with E-state index in [1.54, 1.807) is 43.5 Å². The molecule has 0 amide bonds. The summed E-state index contributed by atoms with van der Waals surface area (Å²) < 4.78 is 18.6. The molecule has 0 spiro atoms. The lowest BCUT2D eigenvalue weighted by molar-refractivity contribution is 0.415. The zero-order chi connectivity index (χ0) is 11.5. The Bertz CT molecular complexity index is 511. The third-order valence-electron chi connectivity index (χ3n) is 2.34. The minimum Gasteiger partial charge on any atom is -0.497 e. The largest absolute Gasteiger partial charge is 0.497 e. The monoisotopic (exact) mass is 236 g/mol. The summed E-state index contributed by atoms with van der Waals surface area (Å²) in [5, 5.41) is 0.476. The summed E-state index contributed by atoms with van der Waals surface area (Å²) in [4.78, 5) is 0. The van der Waals surface area contributed by atoms with Crippen molar-refractivity contribution in [2.75, 3.05) is 7.11 Å². The van der Waals surface area contributed by atoms with Gasteiger partial charge in [0.25, 0.3) is 0 Å². The Morgan fingerprint density at radius 3 is 2.44 bits per heavy atom. The molecule has 1 nitrogen and oxygen atoms in total. The topological polar surface area (TPSA) is 9.23 Å². The summed E-state index contributed by atoms with van der Waals surface area (Å²) >= 11 is 6.07. The van der Waals surface area contributed by atoms with Gasteiger partial charge in [-0.2, -0.15) is 0 Å². The van der Waals surface area contributed by atoms with Gasteiger partial charge in [-0.25, -0.2) is 4.39 Å². The molecule has 0 aliphatic rings. The number of benzene rings is 2. The van der Waals surface area contributed by atoms with Crippen LogP contribution >= 0.6 is 11.6 Å². The van der Waals surface area contributed by atoms with Gasteiger partial charge in [0.2, 0.25) is 0 Å². The molecule has 2 rings (SSSR count). The van der Waals surface area contributed by atoms with E-state index in [0.717, 1.165) is 0 Å². The Morgan fingerprint density at radius 2 is 1.81 bits per heavy atom. The van der Waals surface area contributed by atoms with E-state index in [4.69, 9.17) is 16.3 Å². The highest BCUT2D eigenvalue weighted by molar-refractivity contribution is 6.33. The average Bonchev–Trinajstić information content (AvgIpc) is 2.30. The van der Waals surface area contributed by atoms with Crippen molar-refractivity contribution in [3.63, 3.8) is 0 Å². The first-order valence-corrected chi connectivity index (χ1v) is 5.18. The summed E-state index contributed by atoms with van der Waals surface area (Å²) in [6.45, 7) is 0. The molecule has 16 heavy (non-hydrogen) atoms. The molecular formula is C13H10ClFO. The standard InChI is InChI=1S/C13H10ClFO/c1-16-9-6-7-10(12(14)8-9)11-4-2-3-5-13(11)15/h2-8H,1H3. The fraction of sp³-hybridized carbons (Fsp3) is 0.0769. The molecule has 2 aromatic carbocycles. The van der Waals surface area contributed by atoms with E-state index < -0.39 is 0 Å². The van der Waals surface area contributed by atoms with Crippen LogP contribution in [0.1, 0.15) is 0 Å². The van der Waals surface area contributed by atoms with Crippen molar-refractivity contribution in [3.8, 4) is 16.9 Å². The predicted molar refractivity (Wildman–Crippen MR) is 63.4 cm³/mol. The molecule has 0 radical (unpaired) electrons. The van der Waals surface area contributed by atoms with Gasteiger partial charge in [-0.05, 0) is 24.3 Å². The van der Waals surface area contributed by atoms with Crippen LogP contribution in [0.5, 0.6) is 5.75 Å². The molecule has 0 heterocycles. The van der Waals surface area contributed by atoms with Crippen molar-refractivity contribution in [2.24, 2.45) is 0 Å². The highest BCUT2D eigenvalue weighted by Gasteiger charge is 2.08. The number of rotatable bonds is 2. The van der Waals surface area contributed by atoms with Gasteiger partial charge < -0.3 is 4.74 Å². The van der Waals surface area contributed by atoms with Gasteiger partial charge >= 0.3 is 0 Å². The highest BCUT2D eigenvalue weighted by atomic mass is 35.5. The lowest BCUT2D eigenvalue weighted by Crippen LogP contribution is -1.87. The molecule has 3 heteroatoms. The first-order valence-electron chi connectivity index (χ1n) is 4.81. The van der Waals surface area contributed by atoms with Crippen LogP contribution in [-0.4, -0.2) is 7.11 Å². The fourth-order valence-corrected chi connectivity index (χ4v) is 1.79. The second kappa shape index (κ2) is 4.54. The molecule has 0 unspecified atom stereocenters. The van der Waals surface area contributed by atoms with Gasteiger partial charge in [-0.3, -0.25) is 0 Å². The first kappa shape index (κ1) is 11.0. The van der Waals surface area contributed by atoms with E-state index in [1.165, 1.54) is 6.07 Å². The van der Waals surface area contributed by atoms with Crippen molar-refractivity contribution in [1.82, 2.24) is 0 Å². The van der Waals surface area contributed by atoms with Crippen LogP contribution < -0.4 is 4.74 Å². The Labute approximate surface area is 98.4 Å². The second-order valence-corrected chi connectivity index (χ2v) is 3.73. The maximum Gasteiger partial charge on any atom is 0.131 e. The lowest BCUT2D eigenvalue weighted by atomic mass is 10.1. The van der Waals surface area contributed by atoms with Gasteiger partial charge in [0.05, 0.1) is 12.1 Å². The summed E-state index contributed by atoms with van der Waals surface area (Å²) in [7, 11) is 1.56. The molecule has 2 aromatic rings. The van der Waals surface area contributed by atoms with Crippen molar-refractivity contribution < 1.29 is 9.13 Å². The van der Waals surface area contributed by atoms with E-state index in [9.17, 15) is 4.39 Å². The molecule has 0 saturated heterocycles. The normalized spacial score (nSPS) is 10.2. The molecule has 0 bridgehead atoms. The van der Waals surface area contributed by atoms with Crippen molar-refractivity contribution >= 4 is 11.6 Å². The maximum atomic E-state index is 13.5. The number of ether oxygens (including phenoxy) is 1. The van der Waals surface area contributed by atoms with E-state index in [2.05, 4.69) is 0 Å². The van der Waals surface area contributed by atoms with E-state index in [-0.39, 0.29) is 5.82 Å². The maximum absolute atomic E-state index is 13.5. The highest BCUT2D eigenvalue weighted by Crippen LogP contribution is 2.32. The molecule has 0 aliphatic carbocycles. The Morgan fingerprint density at radius 1 is 1.06 bits per heavy atom. The Balaban J connectivity index is 2.53. The van der Waals surface area contributed by atoms with Gasteiger partial charge in [0.1, 0.15) is 11.6 Å². The smallest absolute Gasteiger partial charge is 0.131 e. The Kier molecular flexibility index (Phi) is 3.11. The zero-order valence-corrected chi connectivity index (χ0v) is 9.46. The minimum absolute atomic E-state index is 0.283. The molecule has 82 valence electrons. The lowest BCUT2D eigenvalue weighted by Gasteiger charge is -2.07. The second-order valence-electron chi connectivity index (χ2n) is 3.33. The molecule has 0 aliphatic heterocycles. The van der Waals surface area contributed by atoms with Gasteiger partial charge in [-0.1, -0.05) is 29.8 Å². The molecule has 0 saturated carbocycles. The number of methoxy groups -OCH3 is 1. The number of hydrogen-bond acceptors (Lipinski definition) is 1. The van der Waals surface area contributed by atoms with Crippen molar-refractivity contribution in [2.45, 2.75) is 0 Å². The fourth-order valence-electron chi connectivity index (χ4n) is 1.52. The van der Waals surface area contributed by atoms with Crippen LogP contribution in [0.3, 0.4) is 0 Å². The van der Waals surface area contributed by atoms with E-state index in [0.29, 0.717) is 21.9 Å². The predicted octanol–water partition coefficient (Wildman–Crippen LogP) is 4.15. The minimum atomic E-state index is -0.283. The van der Waals surface area contributed by atoms with E-state index >= 15 is 0 Å². The van der Waals surface area contributed by atoms with Crippen LogP contribution in [0.15, 0.2) is 42.5 Å². The SMILES string of the molecule is COc1ccc(-c2ccccc2F)c(Cl)c1. The molecular weight excluding hydrogens is 227 g/mol. The van der Waals surface area contributed by atoms with Crippen LogP contribution in [0.2, 0.25) is 5.02 Å². The third-order valence-corrected chi connectivity index (χ3v) is 2.65. The van der Waals surface area contributed by atoms with Crippen molar-refractivity contribution in [3.05, 3.63) is 53.3 Å². The summed E-state index contributed by atoms with van der Waals surface area (Å²) in [5.74, 6) is 0.375. The average molecular weight is 237 g/mol. The summed E-state index contributed by atoms with van der Waals surface area (Å²) in [6.07, 6.45) is 0. The van der Waals surface area contributed by atoms with Crippen LogP contribution in [0, 0.1) is 5.82 Å². The quantitative estimate of drug-likeness (QED) is 0.761. The molecule has 0 fully saturated rings. The molecule has 0 aromatic heterocycles. The first-order chi connectivity index (χ1) is 7.72. The summed E-state index contributed by atoms with van der Waals surface area (Å²) in [6, 6.07) is 11.7. The molecule has 0 atom stereocenters. The van der Waals surface area contributed by atoms with Crippen LogP contribution in [0.25, 0.3) is 11.1 Å². The van der Waals surface area contributed by atoms with Gasteiger partial charge in [0.15, 0.2) is 0 Å². The van der Waals surface area contributed by atoms with Gasteiger partial charge in [0, 0.05) is 11.1 Å². The van der Waals surface area contributed by atoms with Crippen LogP contribution in [0.4, 0.5) is 4.39 Å². The number of halogens is 2. The van der Waals surface area contributed by atoms with E-state index in [1.807, 2.05) is 0 Å². The van der Waals surface area contributed by atoms with Gasteiger partial charge in [-0.15, -0.1) is 0 Å².